The average Bonchev–Trinajstić information content (AvgIpc) is 2.81. The molecule has 0 bridgehead atoms. The Kier molecular flexibility index (Phi) is 8.26. The van der Waals surface area contributed by atoms with E-state index in [4.69, 9.17) is 4.74 Å². The molecule has 3 aromatic rings. The predicted octanol–water partition coefficient (Wildman–Crippen LogP) is 6.55. The maximum Gasteiger partial charge on any atom is 0.416 e. The Morgan fingerprint density at radius 1 is 1.03 bits per heavy atom. The van der Waals surface area contributed by atoms with Crippen molar-refractivity contribution in [3.63, 3.8) is 0 Å². The highest BCUT2D eigenvalue weighted by Gasteiger charge is 2.31. The summed E-state index contributed by atoms with van der Waals surface area (Å²) in [6, 6.07) is 14.6. The summed E-state index contributed by atoms with van der Waals surface area (Å²) in [7, 11) is -0.200. The number of nitrogens with zero attached hydrogens (tertiary/aromatic N) is 2. The smallest absolute Gasteiger partial charge is 0.416 e. The van der Waals surface area contributed by atoms with Crippen LogP contribution in [-0.4, -0.2) is 31.0 Å². The third kappa shape index (κ3) is 7.22. The first kappa shape index (κ1) is 27.0. The van der Waals surface area contributed by atoms with E-state index in [0.717, 1.165) is 17.7 Å². The van der Waals surface area contributed by atoms with Gasteiger partial charge in [-0.1, -0.05) is 62.0 Å². The second kappa shape index (κ2) is 11.0. The van der Waals surface area contributed by atoms with Crippen LogP contribution in [0, 0.1) is 11.5 Å². The van der Waals surface area contributed by atoms with E-state index in [1.165, 1.54) is 25.0 Å². The number of hydrogen-bond donors (Lipinski definition) is 0. The van der Waals surface area contributed by atoms with Gasteiger partial charge in [0, 0.05) is 37.3 Å². The van der Waals surface area contributed by atoms with Crippen molar-refractivity contribution in [2.45, 2.75) is 45.8 Å². The van der Waals surface area contributed by atoms with E-state index >= 15 is 0 Å². The van der Waals surface area contributed by atoms with Crippen molar-refractivity contribution >= 4 is 14.0 Å². The molecule has 0 saturated heterocycles. The van der Waals surface area contributed by atoms with E-state index < -0.39 is 19.8 Å². The van der Waals surface area contributed by atoms with Crippen molar-refractivity contribution in [3.8, 4) is 28.5 Å². The number of amides is 1. The number of hydrogen-bond acceptors (Lipinski definition) is 3. The van der Waals surface area contributed by atoms with Crippen LogP contribution in [0.5, 0.6) is 5.88 Å². The molecule has 0 radical (unpaired) electrons. The number of methoxy groups -OCH3 is 1. The van der Waals surface area contributed by atoms with Gasteiger partial charge in [0.2, 0.25) is 11.8 Å². The zero-order valence-corrected chi connectivity index (χ0v) is 22.0. The molecule has 0 aliphatic carbocycles. The number of benzene rings is 2. The van der Waals surface area contributed by atoms with Gasteiger partial charge in [-0.05, 0) is 34.9 Å². The molecule has 0 N–H and O–H groups in total. The van der Waals surface area contributed by atoms with Gasteiger partial charge in [0.05, 0.1) is 12.7 Å². The lowest BCUT2D eigenvalue weighted by Gasteiger charge is -2.24. The second-order valence-electron chi connectivity index (χ2n) is 9.51. The molecule has 1 aromatic heterocycles. The molecule has 1 heterocycles. The van der Waals surface area contributed by atoms with Crippen molar-refractivity contribution < 1.29 is 22.7 Å². The van der Waals surface area contributed by atoms with Crippen molar-refractivity contribution in [2.75, 3.05) is 7.11 Å². The molecule has 3 rings (SSSR count). The zero-order valence-electron chi connectivity index (χ0n) is 21.0. The number of pyridine rings is 1. The minimum atomic E-state index is -4.53. The van der Waals surface area contributed by atoms with Gasteiger partial charge < -0.3 is 9.64 Å². The fourth-order valence-corrected chi connectivity index (χ4v) is 4.11. The Labute approximate surface area is 211 Å². The Morgan fingerprint density at radius 2 is 1.72 bits per heavy atom. The normalized spacial score (nSPS) is 11.4. The summed E-state index contributed by atoms with van der Waals surface area (Å²) in [6.07, 6.45) is -2.93. The molecule has 0 aliphatic heterocycles. The summed E-state index contributed by atoms with van der Waals surface area (Å²) in [5.41, 5.74) is 5.38. The van der Waals surface area contributed by atoms with Gasteiger partial charge in [-0.2, -0.15) is 13.2 Å². The lowest BCUT2D eigenvalue weighted by molar-refractivity contribution is -0.137. The van der Waals surface area contributed by atoms with Crippen LogP contribution < -0.4 is 4.74 Å². The van der Waals surface area contributed by atoms with Crippen molar-refractivity contribution in [2.24, 2.45) is 0 Å². The van der Waals surface area contributed by atoms with Crippen molar-refractivity contribution in [1.29, 1.82) is 0 Å². The molecule has 0 aliphatic rings. The van der Waals surface area contributed by atoms with E-state index in [9.17, 15) is 18.0 Å². The maximum atomic E-state index is 13.6. The van der Waals surface area contributed by atoms with Crippen LogP contribution in [0.1, 0.15) is 29.2 Å². The molecular formula is C28H29F3N2O2Si. The first-order valence-corrected chi connectivity index (χ1v) is 14.9. The van der Waals surface area contributed by atoms with Crippen LogP contribution in [-0.2, 0) is 24.1 Å². The molecule has 1 amide bonds. The van der Waals surface area contributed by atoms with Gasteiger partial charge >= 0.3 is 6.18 Å². The molecular weight excluding hydrogens is 481 g/mol. The predicted molar refractivity (Wildman–Crippen MR) is 138 cm³/mol. The van der Waals surface area contributed by atoms with Crippen LogP contribution in [0.3, 0.4) is 0 Å². The number of carbonyl (C=O) groups excluding carboxylic acids is 1. The van der Waals surface area contributed by atoms with Crippen LogP contribution in [0.4, 0.5) is 13.2 Å². The van der Waals surface area contributed by atoms with Crippen LogP contribution in [0.2, 0.25) is 19.6 Å². The van der Waals surface area contributed by atoms with Gasteiger partial charge in [-0.15, -0.1) is 5.54 Å². The lowest BCUT2D eigenvalue weighted by Crippen LogP contribution is -2.28. The molecule has 0 fully saturated rings. The van der Waals surface area contributed by atoms with Gasteiger partial charge in [0.1, 0.15) is 8.07 Å². The lowest BCUT2D eigenvalue weighted by atomic mass is 9.96. The van der Waals surface area contributed by atoms with Crippen LogP contribution in [0.25, 0.3) is 11.1 Å². The van der Waals surface area contributed by atoms with E-state index in [-0.39, 0.29) is 24.9 Å². The summed E-state index contributed by atoms with van der Waals surface area (Å²) in [6.45, 7) is 8.02. The van der Waals surface area contributed by atoms with Gasteiger partial charge in [-0.25, -0.2) is 4.98 Å². The SMILES string of the molecule is COc1ncc(C#C[Si](C)(C)C)cc1-c1ccc(C(F)(F)F)cc1CN(Cc1ccccc1)C(C)=O. The van der Waals surface area contributed by atoms with Crippen LogP contribution >= 0.6 is 0 Å². The number of carbonyl (C=O) groups is 1. The average molecular weight is 511 g/mol. The third-order valence-electron chi connectivity index (χ3n) is 5.37. The first-order chi connectivity index (χ1) is 16.9. The molecule has 0 spiro atoms. The largest absolute Gasteiger partial charge is 0.481 e. The quantitative estimate of drug-likeness (QED) is 0.279. The third-order valence-corrected chi connectivity index (χ3v) is 6.25. The molecule has 36 heavy (non-hydrogen) atoms. The van der Waals surface area contributed by atoms with Crippen LogP contribution in [0.15, 0.2) is 60.8 Å². The van der Waals surface area contributed by atoms with E-state index in [1.54, 1.807) is 12.3 Å². The van der Waals surface area contributed by atoms with E-state index in [1.807, 2.05) is 30.3 Å². The summed E-state index contributed by atoms with van der Waals surface area (Å²) < 4.78 is 46.4. The fourth-order valence-electron chi connectivity index (χ4n) is 3.59. The van der Waals surface area contributed by atoms with Crippen molar-refractivity contribution in [3.05, 3.63) is 83.0 Å². The highest BCUT2D eigenvalue weighted by molar-refractivity contribution is 6.83. The van der Waals surface area contributed by atoms with Gasteiger partial charge in [-0.3, -0.25) is 4.79 Å². The zero-order chi connectivity index (χ0) is 26.5. The molecule has 2 aromatic carbocycles. The van der Waals surface area contributed by atoms with E-state index in [0.29, 0.717) is 22.3 Å². The molecule has 0 unspecified atom stereocenters. The number of halogens is 3. The summed E-state index contributed by atoms with van der Waals surface area (Å²) >= 11 is 0. The molecule has 0 saturated carbocycles. The number of ether oxygens (including phenoxy) is 1. The summed E-state index contributed by atoms with van der Waals surface area (Å²) in [5, 5.41) is 0. The maximum absolute atomic E-state index is 13.6. The topological polar surface area (TPSA) is 42.4 Å². The Morgan fingerprint density at radius 3 is 2.31 bits per heavy atom. The number of alkyl halides is 3. The standard InChI is InChI=1S/C28H29F3N2O2Si/c1-20(34)33(18-21-9-7-6-8-10-21)19-23-16-24(28(29,30)31)11-12-25(23)26-15-22(13-14-36(3,4)5)17-32-27(26)35-2/h6-12,15-17H,18-19H2,1-5H3. The Bertz CT molecular complexity index is 1290. The minimum absolute atomic E-state index is 0.0164. The second-order valence-corrected chi connectivity index (χ2v) is 14.3. The van der Waals surface area contributed by atoms with Crippen molar-refractivity contribution in [1.82, 2.24) is 9.88 Å². The minimum Gasteiger partial charge on any atom is -0.481 e. The molecule has 188 valence electrons. The fraction of sp³-hybridized carbons (Fsp3) is 0.286. The Balaban J connectivity index is 2.14. The number of aromatic nitrogens is 1. The van der Waals surface area contributed by atoms with E-state index in [2.05, 4.69) is 36.1 Å². The Hall–Kier alpha value is -3.57. The molecule has 4 nitrogen and oxygen atoms in total. The highest BCUT2D eigenvalue weighted by atomic mass is 28.3. The first-order valence-electron chi connectivity index (χ1n) is 11.4. The number of rotatable bonds is 6. The molecule has 0 atom stereocenters. The summed E-state index contributed by atoms with van der Waals surface area (Å²) in [4.78, 5) is 18.4. The highest BCUT2D eigenvalue weighted by Crippen LogP contribution is 2.37. The van der Waals surface area contributed by atoms with Gasteiger partial charge in [0.25, 0.3) is 0 Å². The molecule has 8 heteroatoms. The summed E-state index contributed by atoms with van der Waals surface area (Å²) in [5.74, 6) is 3.16. The monoisotopic (exact) mass is 510 g/mol. The van der Waals surface area contributed by atoms with Gasteiger partial charge in [0.15, 0.2) is 0 Å².